The Balaban J connectivity index is 2.66. The van der Waals surface area contributed by atoms with Crippen LogP contribution in [0.25, 0.3) is 0 Å². The first-order chi connectivity index (χ1) is 7.93. The number of hydrogen-bond acceptors (Lipinski definition) is 1. The van der Waals surface area contributed by atoms with Crippen molar-refractivity contribution in [2.75, 3.05) is 5.32 Å². The van der Waals surface area contributed by atoms with Crippen LogP contribution in [-0.2, 0) is 5.41 Å². The van der Waals surface area contributed by atoms with Gasteiger partial charge in [-0.15, -0.1) is 0 Å². The maximum Gasteiger partial charge on any atom is 0.323 e. The summed E-state index contributed by atoms with van der Waals surface area (Å²) in [4.78, 5) is 11.4. The van der Waals surface area contributed by atoms with E-state index in [0.717, 1.165) is 5.69 Å². The maximum atomic E-state index is 11.4. The van der Waals surface area contributed by atoms with Crippen molar-refractivity contribution in [1.29, 1.82) is 0 Å². The molecule has 0 aliphatic heterocycles. The number of amides is 2. The van der Waals surface area contributed by atoms with Gasteiger partial charge in [0.15, 0.2) is 0 Å². The fraction of sp³-hybridized carbons (Fsp3) is 0.357. The van der Waals surface area contributed by atoms with Gasteiger partial charge in [0.25, 0.3) is 0 Å². The molecule has 0 spiro atoms. The molecule has 0 radical (unpaired) electrons. The summed E-state index contributed by atoms with van der Waals surface area (Å²) >= 11 is 0. The average molecular weight is 232 g/mol. The van der Waals surface area contributed by atoms with Gasteiger partial charge in [-0.25, -0.2) is 4.79 Å². The lowest BCUT2D eigenvalue weighted by Crippen LogP contribution is -2.23. The van der Waals surface area contributed by atoms with Crippen molar-refractivity contribution in [1.82, 2.24) is 5.32 Å². The van der Waals surface area contributed by atoms with Gasteiger partial charge in [0.05, 0.1) is 0 Å². The summed E-state index contributed by atoms with van der Waals surface area (Å²) in [6.07, 6.45) is 3.36. The molecule has 0 unspecified atom stereocenters. The number of hydrogen-bond donors (Lipinski definition) is 2. The minimum absolute atomic E-state index is 0.131. The Kier molecular flexibility index (Phi) is 4.32. The van der Waals surface area contributed by atoms with Gasteiger partial charge in [0.2, 0.25) is 0 Å². The van der Waals surface area contributed by atoms with E-state index in [1.54, 1.807) is 12.3 Å². The van der Waals surface area contributed by atoms with Gasteiger partial charge in [-0.1, -0.05) is 39.0 Å². The van der Waals surface area contributed by atoms with Crippen LogP contribution >= 0.6 is 0 Å². The molecular weight excluding hydrogens is 212 g/mol. The number of allylic oxidation sites excluding steroid dienone is 1. The van der Waals surface area contributed by atoms with Crippen LogP contribution in [0, 0.1) is 0 Å². The third kappa shape index (κ3) is 4.31. The lowest BCUT2D eigenvalue weighted by Gasteiger charge is -2.19. The fourth-order valence-electron chi connectivity index (χ4n) is 1.38. The second-order valence-corrected chi connectivity index (χ2v) is 4.93. The Morgan fingerprint density at radius 2 is 1.76 bits per heavy atom. The Labute approximate surface area is 103 Å². The highest BCUT2D eigenvalue weighted by Gasteiger charge is 2.12. The first kappa shape index (κ1) is 13.3. The minimum Gasteiger partial charge on any atom is -0.315 e. The molecule has 2 N–H and O–H groups in total. The fourth-order valence-corrected chi connectivity index (χ4v) is 1.38. The van der Waals surface area contributed by atoms with Crippen LogP contribution in [-0.4, -0.2) is 6.03 Å². The molecule has 0 atom stereocenters. The Morgan fingerprint density at radius 1 is 1.18 bits per heavy atom. The van der Waals surface area contributed by atoms with E-state index in [2.05, 4.69) is 31.4 Å². The van der Waals surface area contributed by atoms with Gasteiger partial charge in [0.1, 0.15) is 0 Å². The molecule has 0 saturated heterocycles. The Hall–Kier alpha value is -1.77. The summed E-state index contributed by atoms with van der Waals surface area (Å²) in [5.74, 6) is 0. The molecule has 0 heterocycles. The van der Waals surface area contributed by atoms with Gasteiger partial charge < -0.3 is 10.6 Å². The molecule has 1 aromatic rings. The van der Waals surface area contributed by atoms with Crippen molar-refractivity contribution in [2.45, 2.75) is 33.1 Å². The van der Waals surface area contributed by atoms with Crippen LogP contribution in [0.4, 0.5) is 10.5 Å². The average Bonchev–Trinajstić information content (AvgIpc) is 2.26. The van der Waals surface area contributed by atoms with Crippen LogP contribution in [0.2, 0.25) is 0 Å². The predicted octanol–water partition coefficient (Wildman–Crippen LogP) is 3.64. The van der Waals surface area contributed by atoms with E-state index in [-0.39, 0.29) is 11.4 Å². The topological polar surface area (TPSA) is 41.1 Å². The normalized spacial score (nSPS) is 11.5. The molecule has 17 heavy (non-hydrogen) atoms. The molecule has 0 saturated carbocycles. The highest BCUT2D eigenvalue weighted by atomic mass is 16.2. The van der Waals surface area contributed by atoms with E-state index in [1.807, 2.05) is 31.2 Å². The molecule has 3 nitrogen and oxygen atoms in total. The number of rotatable bonds is 2. The summed E-state index contributed by atoms with van der Waals surface area (Å²) in [5.41, 5.74) is 2.17. The standard InChI is InChI=1S/C14H20N2O/c1-5-10-15-13(17)16-12-8-6-11(7-9-12)14(2,3)4/h5-10H,1-4H3,(H2,15,16,17)/b10-5+. The van der Waals surface area contributed by atoms with Gasteiger partial charge in [-0.05, 0) is 30.0 Å². The minimum atomic E-state index is -0.230. The number of benzene rings is 1. The predicted molar refractivity (Wildman–Crippen MR) is 72.1 cm³/mol. The number of carbonyl (C=O) groups is 1. The number of anilines is 1. The van der Waals surface area contributed by atoms with E-state index >= 15 is 0 Å². The van der Waals surface area contributed by atoms with Crippen molar-refractivity contribution in [3.63, 3.8) is 0 Å². The van der Waals surface area contributed by atoms with Gasteiger partial charge in [-0.2, -0.15) is 0 Å². The molecule has 0 bridgehead atoms. The highest BCUT2D eigenvalue weighted by Crippen LogP contribution is 2.23. The van der Waals surface area contributed by atoms with Crippen LogP contribution < -0.4 is 10.6 Å². The van der Waals surface area contributed by atoms with E-state index in [9.17, 15) is 4.79 Å². The van der Waals surface area contributed by atoms with E-state index in [4.69, 9.17) is 0 Å². The molecule has 0 aromatic heterocycles. The highest BCUT2D eigenvalue weighted by molar-refractivity contribution is 5.89. The molecule has 0 fully saturated rings. The maximum absolute atomic E-state index is 11.4. The quantitative estimate of drug-likeness (QED) is 0.803. The zero-order valence-electron chi connectivity index (χ0n) is 10.9. The Bertz CT molecular complexity index is 399. The largest absolute Gasteiger partial charge is 0.323 e. The SMILES string of the molecule is C/C=C/NC(=O)Nc1ccc(C(C)(C)C)cc1. The summed E-state index contributed by atoms with van der Waals surface area (Å²) in [6.45, 7) is 8.33. The number of nitrogens with one attached hydrogen (secondary N) is 2. The van der Waals surface area contributed by atoms with Crippen molar-refractivity contribution >= 4 is 11.7 Å². The third-order valence-electron chi connectivity index (χ3n) is 2.39. The second-order valence-electron chi connectivity index (χ2n) is 4.93. The van der Waals surface area contributed by atoms with Crippen LogP contribution in [0.15, 0.2) is 36.5 Å². The first-order valence-electron chi connectivity index (χ1n) is 5.72. The summed E-state index contributed by atoms with van der Waals surface area (Å²) in [7, 11) is 0. The molecule has 1 aromatic carbocycles. The van der Waals surface area contributed by atoms with Gasteiger partial charge in [-0.3, -0.25) is 0 Å². The molecule has 3 heteroatoms. The van der Waals surface area contributed by atoms with E-state index < -0.39 is 0 Å². The zero-order chi connectivity index (χ0) is 12.9. The molecule has 0 aliphatic rings. The van der Waals surface area contributed by atoms with Crippen molar-refractivity contribution < 1.29 is 4.79 Å². The summed E-state index contributed by atoms with van der Waals surface area (Å²) < 4.78 is 0. The van der Waals surface area contributed by atoms with Crippen molar-refractivity contribution in [3.8, 4) is 0 Å². The molecule has 0 aliphatic carbocycles. The lowest BCUT2D eigenvalue weighted by atomic mass is 9.87. The first-order valence-corrected chi connectivity index (χ1v) is 5.72. The summed E-state index contributed by atoms with van der Waals surface area (Å²) in [5, 5.41) is 5.35. The number of urea groups is 1. The summed E-state index contributed by atoms with van der Waals surface area (Å²) in [6, 6.07) is 7.66. The van der Waals surface area contributed by atoms with Crippen LogP contribution in [0.3, 0.4) is 0 Å². The van der Waals surface area contributed by atoms with Crippen molar-refractivity contribution in [3.05, 3.63) is 42.1 Å². The van der Waals surface area contributed by atoms with E-state index in [1.165, 1.54) is 5.56 Å². The molecule has 2 amide bonds. The molecular formula is C14H20N2O. The monoisotopic (exact) mass is 232 g/mol. The zero-order valence-corrected chi connectivity index (χ0v) is 10.9. The second kappa shape index (κ2) is 5.53. The van der Waals surface area contributed by atoms with Crippen LogP contribution in [0.5, 0.6) is 0 Å². The Morgan fingerprint density at radius 3 is 2.24 bits per heavy atom. The molecule has 1 rings (SSSR count). The smallest absolute Gasteiger partial charge is 0.315 e. The lowest BCUT2D eigenvalue weighted by molar-refractivity contribution is 0.255. The van der Waals surface area contributed by atoms with Gasteiger partial charge >= 0.3 is 6.03 Å². The van der Waals surface area contributed by atoms with Crippen LogP contribution in [0.1, 0.15) is 33.3 Å². The van der Waals surface area contributed by atoms with Crippen molar-refractivity contribution in [2.24, 2.45) is 0 Å². The third-order valence-corrected chi connectivity index (χ3v) is 2.39. The van der Waals surface area contributed by atoms with Gasteiger partial charge in [0, 0.05) is 11.9 Å². The molecule has 92 valence electrons. The van der Waals surface area contributed by atoms with E-state index in [0.29, 0.717) is 0 Å². The number of carbonyl (C=O) groups excluding carboxylic acids is 1.